The summed E-state index contributed by atoms with van der Waals surface area (Å²) in [5.41, 5.74) is 2.64. The van der Waals surface area contributed by atoms with Crippen molar-refractivity contribution in [1.82, 2.24) is 0 Å². The van der Waals surface area contributed by atoms with Crippen LogP contribution in [0.4, 0.5) is 0 Å². The Balaban J connectivity index is 2.65. The molecule has 0 saturated carbocycles. The van der Waals surface area contributed by atoms with Crippen molar-refractivity contribution in [3.63, 3.8) is 0 Å². The van der Waals surface area contributed by atoms with E-state index >= 15 is 0 Å². The summed E-state index contributed by atoms with van der Waals surface area (Å²) in [6.45, 7) is 4.17. The van der Waals surface area contributed by atoms with Gasteiger partial charge in [0.2, 0.25) is 0 Å². The summed E-state index contributed by atoms with van der Waals surface area (Å²) in [5.74, 6) is -0.319. The van der Waals surface area contributed by atoms with E-state index in [1.165, 1.54) is 0 Å². The zero-order valence-corrected chi connectivity index (χ0v) is 9.12. The van der Waals surface area contributed by atoms with Gasteiger partial charge in [-0.15, -0.1) is 0 Å². The summed E-state index contributed by atoms with van der Waals surface area (Å²) in [7, 11) is 0. The van der Waals surface area contributed by atoms with Crippen LogP contribution in [0.2, 0.25) is 0 Å². The van der Waals surface area contributed by atoms with E-state index in [-0.39, 0.29) is 19.2 Å². The molecule has 15 heavy (non-hydrogen) atoms. The quantitative estimate of drug-likeness (QED) is 0.606. The average molecular weight is 208 g/mol. The average Bonchev–Trinajstić information content (AvgIpc) is 2.17. The normalized spacial score (nSPS) is 10.1. The van der Waals surface area contributed by atoms with Crippen molar-refractivity contribution in [2.24, 2.45) is 0 Å². The number of aryl methyl sites for hydroxylation is 2. The molecule has 3 heteroatoms. The lowest BCUT2D eigenvalue weighted by Crippen LogP contribution is -2.09. The molecule has 0 atom stereocenters. The number of carbonyl (C=O) groups excluding carboxylic acids is 1. The number of aliphatic hydroxyl groups is 1. The molecule has 1 aromatic carbocycles. The first-order chi connectivity index (χ1) is 7.15. The van der Waals surface area contributed by atoms with E-state index in [1.807, 2.05) is 26.0 Å². The maximum absolute atomic E-state index is 11.5. The fourth-order valence-electron chi connectivity index (χ4n) is 1.35. The Morgan fingerprint density at radius 3 is 2.73 bits per heavy atom. The number of carbonyl (C=O) groups is 1. The number of rotatable bonds is 4. The van der Waals surface area contributed by atoms with Gasteiger partial charge >= 0.3 is 5.97 Å². The fraction of sp³-hybridized carbons (Fsp3) is 0.417. The number of aliphatic hydroxyl groups excluding tert-OH is 1. The highest BCUT2D eigenvalue weighted by Crippen LogP contribution is 2.11. The van der Waals surface area contributed by atoms with Crippen molar-refractivity contribution in [2.75, 3.05) is 13.2 Å². The minimum Gasteiger partial charge on any atom is -0.462 e. The van der Waals surface area contributed by atoms with Crippen molar-refractivity contribution in [1.29, 1.82) is 0 Å². The lowest BCUT2D eigenvalue weighted by Gasteiger charge is -2.06. The molecule has 0 amide bonds. The zero-order valence-electron chi connectivity index (χ0n) is 9.12. The molecule has 0 spiro atoms. The summed E-state index contributed by atoms with van der Waals surface area (Å²) < 4.78 is 4.99. The van der Waals surface area contributed by atoms with Crippen LogP contribution < -0.4 is 0 Å². The smallest absolute Gasteiger partial charge is 0.338 e. The largest absolute Gasteiger partial charge is 0.462 e. The van der Waals surface area contributed by atoms with Gasteiger partial charge in [-0.1, -0.05) is 17.7 Å². The fourth-order valence-corrected chi connectivity index (χ4v) is 1.35. The van der Waals surface area contributed by atoms with Crippen molar-refractivity contribution < 1.29 is 14.6 Å². The second-order valence-corrected chi connectivity index (χ2v) is 3.53. The van der Waals surface area contributed by atoms with E-state index in [0.29, 0.717) is 12.0 Å². The van der Waals surface area contributed by atoms with Crippen molar-refractivity contribution >= 4 is 5.97 Å². The van der Waals surface area contributed by atoms with E-state index in [2.05, 4.69) is 0 Å². The zero-order chi connectivity index (χ0) is 11.3. The van der Waals surface area contributed by atoms with Gasteiger partial charge in [0.15, 0.2) is 0 Å². The van der Waals surface area contributed by atoms with Crippen LogP contribution in [0.1, 0.15) is 27.9 Å². The first kappa shape index (κ1) is 11.7. The molecule has 3 nitrogen and oxygen atoms in total. The van der Waals surface area contributed by atoms with Gasteiger partial charge in [0, 0.05) is 13.0 Å². The molecule has 0 radical (unpaired) electrons. The monoisotopic (exact) mass is 208 g/mol. The van der Waals surface area contributed by atoms with Crippen molar-refractivity contribution in [3.8, 4) is 0 Å². The van der Waals surface area contributed by atoms with Gasteiger partial charge in [-0.25, -0.2) is 4.79 Å². The second-order valence-electron chi connectivity index (χ2n) is 3.53. The van der Waals surface area contributed by atoms with Crippen LogP contribution in [0.15, 0.2) is 18.2 Å². The van der Waals surface area contributed by atoms with Crippen molar-refractivity contribution in [3.05, 3.63) is 34.9 Å². The molecule has 0 heterocycles. The molecule has 82 valence electrons. The highest BCUT2D eigenvalue weighted by atomic mass is 16.5. The summed E-state index contributed by atoms with van der Waals surface area (Å²) in [5, 5.41) is 8.55. The van der Waals surface area contributed by atoms with Gasteiger partial charge in [-0.05, 0) is 25.5 Å². The van der Waals surface area contributed by atoms with Crippen LogP contribution in [-0.2, 0) is 4.74 Å². The molecule has 0 aromatic heterocycles. The Bertz CT molecular complexity index is 345. The number of esters is 1. The molecular formula is C12H16O3. The van der Waals surface area contributed by atoms with Gasteiger partial charge < -0.3 is 9.84 Å². The molecule has 0 aliphatic rings. The molecule has 1 rings (SSSR count). The third-order valence-electron chi connectivity index (χ3n) is 2.14. The minimum absolute atomic E-state index is 0.0418. The molecule has 1 N–H and O–H groups in total. The molecule has 0 fully saturated rings. The Labute approximate surface area is 89.7 Å². The summed E-state index contributed by atoms with van der Waals surface area (Å²) >= 11 is 0. The molecular weight excluding hydrogens is 192 g/mol. The maximum Gasteiger partial charge on any atom is 0.338 e. The number of benzene rings is 1. The van der Waals surface area contributed by atoms with E-state index < -0.39 is 0 Å². The highest BCUT2D eigenvalue weighted by molar-refractivity contribution is 5.91. The van der Waals surface area contributed by atoms with Crippen LogP contribution in [0.3, 0.4) is 0 Å². The molecule has 0 bridgehead atoms. The Kier molecular flexibility index (Phi) is 4.31. The molecule has 0 aliphatic carbocycles. The lowest BCUT2D eigenvalue weighted by atomic mass is 10.1. The topological polar surface area (TPSA) is 46.5 Å². The van der Waals surface area contributed by atoms with Gasteiger partial charge in [-0.2, -0.15) is 0 Å². The Morgan fingerprint density at radius 2 is 2.13 bits per heavy atom. The maximum atomic E-state index is 11.5. The van der Waals surface area contributed by atoms with E-state index in [9.17, 15) is 4.79 Å². The number of ether oxygens (including phenoxy) is 1. The van der Waals surface area contributed by atoms with Crippen LogP contribution >= 0.6 is 0 Å². The Morgan fingerprint density at radius 1 is 1.40 bits per heavy atom. The van der Waals surface area contributed by atoms with E-state index in [1.54, 1.807) is 6.07 Å². The highest BCUT2D eigenvalue weighted by Gasteiger charge is 2.09. The molecule has 1 aromatic rings. The third kappa shape index (κ3) is 3.36. The van der Waals surface area contributed by atoms with Crippen LogP contribution in [-0.4, -0.2) is 24.3 Å². The van der Waals surface area contributed by atoms with Crippen molar-refractivity contribution in [2.45, 2.75) is 20.3 Å². The molecule has 0 saturated heterocycles. The summed E-state index contributed by atoms with van der Waals surface area (Å²) in [6, 6.07) is 5.60. The first-order valence-corrected chi connectivity index (χ1v) is 5.00. The summed E-state index contributed by atoms with van der Waals surface area (Å²) in [6.07, 6.45) is 0.483. The SMILES string of the molecule is Cc1ccc(C(=O)OCCCO)c(C)c1. The standard InChI is InChI=1S/C12H16O3/c1-9-4-5-11(10(2)8-9)12(14)15-7-3-6-13/h4-5,8,13H,3,6-7H2,1-2H3. The molecule has 0 aliphatic heterocycles. The van der Waals surface area contributed by atoms with E-state index in [0.717, 1.165) is 11.1 Å². The van der Waals surface area contributed by atoms with Crippen LogP contribution in [0.5, 0.6) is 0 Å². The van der Waals surface area contributed by atoms with Crippen LogP contribution in [0, 0.1) is 13.8 Å². The second kappa shape index (κ2) is 5.51. The summed E-state index contributed by atoms with van der Waals surface area (Å²) in [4.78, 5) is 11.5. The predicted molar refractivity (Wildman–Crippen MR) is 57.9 cm³/mol. The Hall–Kier alpha value is -1.35. The van der Waals surface area contributed by atoms with Crippen LogP contribution in [0.25, 0.3) is 0 Å². The molecule has 0 unspecified atom stereocenters. The lowest BCUT2D eigenvalue weighted by molar-refractivity contribution is 0.0481. The van der Waals surface area contributed by atoms with Gasteiger partial charge in [0.1, 0.15) is 0 Å². The first-order valence-electron chi connectivity index (χ1n) is 5.00. The van der Waals surface area contributed by atoms with E-state index in [4.69, 9.17) is 9.84 Å². The predicted octanol–water partition coefficient (Wildman–Crippen LogP) is 1.84. The number of hydrogen-bond donors (Lipinski definition) is 1. The third-order valence-corrected chi connectivity index (χ3v) is 2.14. The minimum atomic E-state index is -0.319. The van der Waals surface area contributed by atoms with Gasteiger partial charge in [0.25, 0.3) is 0 Å². The number of hydrogen-bond acceptors (Lipinski definition) is 3. The van der Waals surface area contributed by atoms with Gasteiger partial charge in [0.05, 0.1) is 12.2 Å². The van der Waals surface area contributed by atoms with Gasteiger partial charge in [-0.3, -0.25) is 0 Å².